The first-order valence-corrected chi connectivity index (χ1v) is 7.20. The zero-order valence-electron chi connectivity index (χ0n) is 12.0. The van der Waals surface area contributed by atoms with E-state index in [-0.39, 0.29) is 5.41 Å². The van der Waals surface area contributed by atoms with Crippen LogP contribution in [0.2, 0.25) is 5.02 Å². The first-order valence-electron chi connectivity index (χ1n) is 6.83. The van der Waals surface area contributed by atoms with Crippen LogP contribution in [-0.4, -0.2) is 4.98 Å². The molecule has 1 nitrogen and oxygen atoms in total. The van der Waals surface area contributed by atoms with Crippen LogP contribution in [0.5, 0.6) is 0 Å². The summed E-state index contributed by atoms with van der Waals surface area (Å²) in [6.45, 7) is 6.69. The highest BCUT2D eigenvalue weighted by atomic mass is 35.5. The minimum atomic E-state index is 0.187. The number of halogens is 1. The van der Waals surface area contributed by atoms with Gasteiger partial charge in [0.25, 0.3) is 0 Å². The smallest absolute Gasteiger partial charge is 0.0473 e. The quantitative estimate of drug-likeness (QED) is 0.582. The number of aromatic nitrogens is 1. The third kappa shape index (κ3) is 2.46. The molecule has 2 aromatic carbocycles. The number of H-pyrrole nitrogens is 1. The lowest BCUT2D eigenvalue weighted by atomic mass is 9.86. The van der Waals surface area contributed by atoms with E-state index in [1.165, 1.54) is 16.5 Å². The van der Waals surface area contributed by atoms with Gasteiger partial charge in [-0.3, -0.25) is 0 Å². The highest BCUT2D eigenvalue weighted by Crippen LogP contribution is 2.28. The molecule has 0 amide bonds. The monoisotopic (exact) mass is 283 g/mol. The predicted octanol–water partition coefficient (Wildman–Crippen LogP) is 5.79. The molecule has 1 N–H and O–H groups in total. The first-order chi connectivity index (χ1) is 9.43. The van der Waals surface area contributed by atoms with Gasteiger partial charge in [-0.15, -0.1) is 0 Å². The fraction of sp³-hybridized carbons (Fsp3) is 0.222. The zero-order chi connectivity index (χ0) is 14.3. The molecule has 1 heterocycles. The first kappa shape index (κ1) is 13.3. The van der Waals surface area contributed by atoms with Crippen LogP contribution in [0.15, 0.2) is 48.5 Å². The largest absolute Gasteiger partial charge is 0.354 e. The lowest BCUT2D eigenvalue weighted by Gasteiger charge is -2.19. The Labute approximate surface area is 124 Å². The van der Waals surface area contributed by atoms with Crippen molar-refractivity contribution in [1.82, 2.24) is 4.98 Å². The molecule has 0 aliphatic heterocycles. The van der Waals surface area contributed by atoms with E-state index in [0.717, 1.165) is 16.2 Å². The third-order valence-electron chi connectivity index (χ3n) is 3.65. The minimum Gasteiger partial charge on any atom is -0.354 e. The normalized spacial score (nSPS) is 12.0. The van der Waals surface area contributed by atoms with Crippen LogP contribution in [0.3, 0.4) is 0 Å². The van der Waals surface area contributed by atoms with E-state index in [4.69, 9.17) is 11.6 Å². The molecule has 0 radical (unpaired) electrons. The molecule has 20 heavy (non-hydrogen) atoms. The van der Waals surface area contributed by atoms with E-state index in [0.29, 0.717) is 0 Å². The molecule has 102 valence electrons. The van der Waals surface area contributed by atoms with E-state index in [1.807, 2.05) is 18.2 Å². The van der Waals surface area contributed by atoms with E-state index in [2.05, 4.69) is 56.1 Å². The number of aromatic amines is 1. The Balaban J connectivity index is 2.02. The van der Waals surface area contributed by atoms with Crippen molar-refractivity contribution < 1.29 is 0 Å². The molecule has 0 spiro atoms. The molecule has 0 saturated carbocycles. The summed E-state index contributed by atoms with van der Waals surface area (Å²) in [6, 6.07) is 16.8. The van der Waals surface area contributed by atoms with Crippen LogP contribution in [0, 0.1) is 0 Å². The van der Waals surface area contributed by atoms with Crippen molar-refractivity contribution in [3.05, 3.63) is 59.1 Å². The molecule has 0 saturated heterocycles. The third-order valence-corrected chi connectivity index (χ3v) is 3.88. The molecule has 0 fully saturated rings. The number of hydrogen-bond acceptors (Lipinski definition) is 0. The number of hydrogen-bond donors (Lipinski definition) is 1. The van der Waals surface area contributed by atoms with Crippen molar-refractivity contribution >= 4 is 22.5 Å². The van der Waals surface area contributed by atoms with Crippen molar-refractivity contribution in [2.45, 2.75) is 26.2 Å². The van der Waals surface area contributed by atoms with Gasteiger partial charge in [-0.25, -0.2) is 0 Å². The van der Waals surface area contributed by atoms with Gasteiger partial charge < -0.3 is 4.98 Å². The van der Waals surface area contributed by atoms with Gasteiger partial charge in [0.2, 0.25) is 0 Å². The van der Waals surface area contributed by atoms with Crippen molar-refractivity contribution in [3.63, 3.8) is 0 Å². The lowest BCUT2D eigenvalue weighted by molar-refractivity contribution is 0.590. The SMILES string of the molecule is CC(C)(C)c1ccc(-c2cc3ccc(Cl)cc3[nH]2)cc1. The van der Waals surface area contributed by atoms with Crippen LogP contribution in [0.25, 0.3) is 22.2 Å². The fourth-order valence-corrected chi connectivity index (χ4v) is 2.58. The van der Waals surface area contributed by atoms with Gasteiger partial charge in [0.1, 0.15) is 0 Å². The Morgan fingerprint density at radius 1 is 0.900 bits per heavy atom. The van der Waals surface area contributed by atoms with Crippen molar-refractivity contribution in [3.8, 4) is 11.3 Å². The van der Waals surface area contributed by atoms with Gasteiger partial charge in [0.15, 0.2) is 0 Å². The van der Waals surface area contributed by atoms with Gasteiger partial charge in [-0.05, 0) is 34.7 Å². The van der Waals surface area contributed by atoms with Gasteiger partial charge >= 0.3 is 0 Å². The maximum absolute atomic E-state index is 6.02. The number of nitrogens with one attached hydrogen (secondary N) is 1. The lowest BCUT2D eigenvalue weighted by Crippen LogP contribution is -2.10. The van der Waals surface area contributed by atoms with Crippen LogP contribution < -0.4 is 0 Å². The second-order valence-corrected chi connectivity index (χ2v) is 6.68. The molecule has 0 aliphatic carbocycles. The Bertz CT molecular complexity index is 745. The van der Waals surface area contributed by atoms with Crippen LogP contribution in [0.4, 0.5) is 0 Å². The maximum Gasteiger partial charge on any atom is 0.0473 e. The topological polar surface area (TPSA) is 15.8 Å². The van der Waals surface area contributed by atoms with Crippen LogP contribution >= 0.6 is 11.6 Å². The molecular formula is C18H18ClN. The Hall–Kier alpha value is -1.73. The average molecular weight is 284 g/mol. The summed E-state index contributed by atoms with van der Waals surface area (Å²) in [6.07, 6.45) is 0. The van der Waals surface area contributed by atoms with Crippen molar-refractivity contribution in [1.29, 1.82) is 0 Å². The summed E-state index contributed by atoms with van der Waals surface area (Å²) >= 11 is 6.02. The zero-order valence-corrected chi connectivity index (χ0v) is 12.8. The van der Waals surface area contributed by atoms with Crippen LogP contribution in [0.1, 0.15) is 26.3 Å². The standard InChI is InChI=1S/C18H18ClN/c1-18(2,3)14-7-4-12(5-8-14)16-10-13-6-9-15(19)11-17(13)20-16/h4-11,20H,1-3H3. The summed E-state index contributed by atoms with van der Waals surface area (Å²) < 4.78 is 0. The van der Waals surface area contributed by atoms with Gasteiger partial charge in [0.05, 0.1) is 0 Å². The van der Waals surface area contributed by atoms with Crippen molar-refractivity contribution in [2.24, 2.45) is 0 Å². The molecule has 1 aromatic heterocycles. The van der Waals surface area contributed by atoms with E-state index in [1.54, 1.807) is 0 Å². The van der Waals surface area contributed by atoms with E-state index in [9.17, 15) is 0 Å². The van der Waals surface area contributed by atoms with Gasteiger partial charge in [-0.1, -0.05) is 62.7 Å². The molecular weight excluding hydrogens is 266 g/mol. The Kier molecular flexibility index (Phi) is 3.10. The maximum atomic E-state index is 6.02. The fourth-order valence-electron chi connectivity index (χ4n) is 2.40. The Morgan fingerprint density at radius 2 is 1.60 bits per heavy atom. The van der Waals surface area contributed by atoms with Crippen molar-refractivity contribution in [2.75, 3.05) is 0 Å². The summed E-state index contributed by atoms with van der Waals surface area (Å²) in [5.41, 5.74) is 4.94. The summed E-state index contributed by atoms with van der Waals surface area (Å²) in [5, 5.41) is 1.94. The highest BCUT2D eigenvalue weighted by Gasteiger charge is 2.13. The summed E-state index contributed by atoms with van der Waals surface area (Å²) in [7, 11) is 0. The second kappa shape index (κ2) is 4.68. The Morgan fingerprint density at radius 3 is 2.25 bits per heavy atom. The molecule has 2 heteroatoms. The summed E-state index contributed by atoms with van der Waals surface area (Å²) in [4.78, 5) is 3.43. The minimum absolute atomic E-state index is 0.187. The van der Waals surface area contributed by atoms with Gasteiger partial charge in [0, 0.05) is 21.6 Å². The van der Waals surface area contributed by atoms with Crippen LogP contribution in [-0.2, 0) is 5.41 Å². The highest BCUT2D eigenvalue weighted by molar-refractivity contribution is 6.31. The molecule has 0 atom stereocenters. The van der Waals surface area contributed by atoms with E-state index >= 15 is 0 Å². The number of rotatable bonds is 1. The molecule has 3 aromatic rings. The predicted molar refractivity (Wildman–Crippen MR) is 87.4 cm³/mol. The molecule has 0 bridgehead atoms. The number of fused-ring (bicyclic) bond motifs is 1. The molecule has 3 rings (SSSR count). The van der Waals surface area contributed by atoms with E-state index < -0.39 is 0 Å². The van der Waals surface area contributed by atoms with Gasteiger partial charge in [-0.2, -0.15) is 0 Å². The number of benzene rings is 2. The molecule has 0 unspecified atom stereocenters. The summed E-state index contributed by atoms with van der Waals surface area (Å²) in [5.74, 6) is 0. The molecule has 0 aliphatic rings. The average Bonchev–Trinajstić information content (AvgIpc) is 2.80. The second-order valence-electron chi connectivity index (χ2n) is 6.24.